The van der Waals surface area contributed by atoms with E-state index in [0.29, 0.717) is 11.8 Å². The smallest absolute Gasteiger partial charge is 0.255 e. The van der Waals surface area contributed by atoms with Crippen LogP contribution in [0.1, 0.15) is 25.7 Å². The maximum Gasteiger partial charge on any atom is 0.255 e. The summed E-state index contributed by atoms with van der Waals surface area (Å²) in [5, 5.41) is 3.65. The molecule has 0 unspecified atom stereocenters. The van der Waals surface area contributed by atoms with Crippen LogP contribution in [0.15, 0.2) is 24.3 Å². The van der Waals surface area contributed by atoms with E-state index in [4.69, 9.17) is 10.5 Å². The molecule has 2 saturated carbocycles. The van der Waals surface area contributed by atoms with E-state index >= 15 is 0 Å². The quantitative estimate of drug-likeness (QED) is 0.789. The van der Waals surface area contributed by atoms with Gasteiger partial charge in [-0.25, -0.2) is 0 Å². The normalized spacial score (nSPS) is 18.4. The van der Waals surface area contributed by atoms with Crippen molar-refractivity contribution in [3.05, 3.63) is 24.3 Å². The molecule has 0 heterocycles. The summed E-state index contributed by atoms with van der Waals surface area (Å²) in [7, 11) is 0. The molecule has 4 nitrogen and oxygen atoms in total. The van der Waals surface area contributed by atoms with Crippen LogP contribution >= 0.6 is 0 Å². The third kappa shape index (κ3) is 3.40. The highest BCUT2D eigenvalue weighted by Crippen LogP contribution is 2.45. The van der Waals surface area contributed by atoms with E-state index in [1.807, 2.05) is 24.3 Å². The number of amides is 1. The summed E-state index contributed by atoms with van der Waals surface area (Å²) in [6, 6.07) is 8.42. The third-order valence-electron chi connectivity index (χ3n) is 3.83. The van der Waals surface area contributed by atoms with E-state index < -0.39 is 5.91 Å². The number of rotatable bonds is 7. The van der Waals surface area contributed by atoms with E-state index in [0.717, 1.165) is 17.5 Å². The predicted octanol–water partition coefficient (Wildman–Crippen LogP) is 2.15. The number of ether oxygens (including phenoxy) is 1. The van der Waals surface area contributed by atoms with Gasteiger partial charge in [0.1, 0.15) is 5.75 Å². The van der Waals surface area contributed by atoms with Crippen molar-refractivity contribution in [3.8, 4) is 5.75 Å². The molecule has 0 atom stereocenters. The molecule has 2 aliphatic rings. The van der Waals surface area contributed by atoms with Gasteiger partial charge in [0.2, 0.25) is 0 Å². The first-order chi connectivity index (χ1) is 9.22. The highest BCUT2D eigenvalue weighted by Gasteiger charge is 2.41. The topological polar surface area (TPSA) is 64.4 Å². The number of benzene rings is 1. The fraction of sp³-hybridized carbons (Fsp3) is 0.533. The fourth-order valence-electron chi connectivity index (χ4n) is 2.53. The Bertz CT molecular complexity index is 438. The van der Waals surface area contributed by atoms with Gasteiger partial charge < -0.3 is 15.8 Å². The van der Waals surface area contributed by atoms with Crippen LogP contribution in [-0.2, 0) is 4.79 Å². The minimum atomic E-state index is -0.454. The zero-order valence-electron chi connectivity index (χ0n) is 11.0. The van der Waals surface area contributed by atoms with Gasteiger partial charge in [0.05, 0.1) is 0 Å². The van der Waals surface area contributed by atoms with Crippen molar-refractivity contribution < 1.29 is 9.53 Å². The highest BCUT2D eigenvalue weighted by molar-refractivity contribution is 5.75. The van der Waals surface area contributed by atoms with Crippen LogP contribution < -0.4 is 15.8 Å². The number of hydrogen-bond donors (Lipinski definition) is 2. The molecule has 19 heavy (non-hydrogen) atoms. The van der Waals surface area contributed by atoms with Gasteiger partial charge in [0, 0.05) is 11.7 Å². The second-order valence-corrected chi connectivity index (χ2v) is 5.62. The molecule has 3 N–H and O–H groups in total. The van der Waals surface area contributed by atoms with E-state index in [1.165, 1.54) is 25.7 Å². The zero-order chi connectivity index (χ0) is 13.2. The summed E-state index contributed by atoms with van der Waals surface area (Å²) in [5.41, 5.74) is 6.17. The van der Waals surface area contributed by atoms with Gasteiger partial charge in [-0.3, -0.25) is 4.79 Å². The minimum Gasteiger partial charge on any atom is -0.484 e. The van der Waals surface area contributed by atoms with Crippen LogP contribution in [0.4, 0.5) is 5.69 Å². The number of primary amides is 1. The summed E-state index contributed by atoms with van der Waals surface area (Å²) < 4.78 is 5.24. The van der Waals surface area contributed by atoms with Crippen LogP contribution in [-0.4, -0.2) is 18.6 Å². The van der Waals surface area contributed by atoms with Crippen LogP contribution in [0.3, 0.4) is 0 Å². The Kier molecular flexibility index (Phi) is 3.32. The molecule has 102 valence electrons. The number of nitrogens with two attached hydrogens (primary N) is 1. The maximum atomic E-state index is 10.6. The second-order valence-electron chi connectivity index (χ2n) is 5.62. The molecule has 1 aromatic carbocycles. The van der Waals surface area contributed by atoms with Gasteiger partial charge in [-0.1, -0.05) is 0 Å². The van der Waals surface area contributed by atoms with Gasteiger partial charge >= 0.3 is 0 Å². The Labute approximate surface area is 113 Å². The van der Waals surface area contributed by atoms with Crippen molar-refractivity contribution in [1.82, 2.24) is 0 Å². The Balaban J connectivity index is 1.57. The average Bonchev–Trinajstić information content (AvgIpc) is 3.28. The monoisotopic (exact) mass is 260 g/mol. The molecular formula is C15H20N2O2. The molecular weight excluding hydrogens is 240 g/mol. The molecule has 0 spiro atoms. The Morgan fingerprint density at radius 2 is 1.79 bits per heavy atom. The summed E-state index contributed by atoms with van der Waals surface area (Å²) in [4.78, 5) is 10.6. The lowest BCUT2D eigenvalue weighted by Crippen LogP contribution is -2.24. The molecule has 2 aliphatic carbocycles. The Morgan fingerprint density at radius 3 is 2.26 bits per heavy atom. The lowest BCUT2D eigenvalue weighted by Gasteiger charge is -2.19. The Hall–Kier alpha value is -1.71. The molecule has 0 aliphatic heterocycles. The fourth-order valence-corrected chi connectivity index (χ4v) is 2.53. The predicted molar refractivity (Wildman–Crippen MR) is 74.0 cm³/mol. The highest BCUT2D eigenvalue weighted by atomic mass is 16.5. The van der Waals surface area contributed by atoms with E-state index in [-0.39, 0.29) is 6.61 Å². The van der Waals surface area contributed by atoms with E-state index in [2.05, 4.69) is 5.32 Å². The van der Waals surface area contributed by atoms with Crippen molar-refractivity contribution in [3.63, 3.8) is 0 Å². The second kappa shape index (κ2) is 5.11. The number of anilines is 1. The average molecular weight is 260 g/mol. The van der Waals surface area contributed by atoms with Gasteiger partial charge in [0.15, 0.2) is 6.61 Å². The maximum absolute atomic E-state index is 10.6. The molecule has 0 radical (unpaired) electrons. The molecule has 0 bridgehead atoms. The van der Waals surface area contributed by atoms with E-state index in [1.54, 1.807) is 0 Å². The van der Waals surface area contributed by atoms with Crippen LogP contribution in [0, 0.1) is 11.8 Å². The summed E-state index contributed by atoms with van der Waals surface area (Å²) in [6.07, 6.45) is 5.48. The van der Waals surface area contributed by atoms with Crippen molar-refractivity contribution >= 4 is 11.6 Å². The van der Waals surface area contributed by atoms with Gasteiger partial charge in [-0.05, 0) is 61.8 Å². The van der Waals surface area contributed by atoms with Gasteiger partial charge in [-0.15, -0.1) is 0 Å². The first-order valence-electron chi connectivity index (χ1n) is 7.00. The number of hydrogen-bond acceptors (Lipinski definition) is 3. The number of nitrogens with one attached hydrogen (secondary N) is 1. The molecule has 0 saturated heterocycles. The van der Waals surface area contributed by atoms with Crippen molar-refractivity contribution in [2.75, 3.05) is 11.9 Å². The molecule has 1 aromatic rings. The van der Waals surface area contributed by atoms with Crippen LogP contribution in [0.5, 0.6) is 5.75 Å². The van der Waals surface area contributed by atoms with Crippen LogP contribution in [0.25, 0.3) is 0 Å². The van der Waals surface area contributed by atoms with Crippen molar-refractivity contribution in [1.29, 1.82) is 0 Å². The summed E-state index contributed by atoms with van der Waals surface area (Å²) >= 11 is 0. The molecule has 3 rings (SSSR count). The zero-order valence-corrected chi connectivity index (χ0v) is 11.0. The number of carbonyl (C=O) groups is 1. The van der Waals surface area contributed by atoms with Crippen molar-refractivity contribution in [2.24, 2.45) is 17.6 Å². The SMILES string of the molecule is NC(=O)COc1ccc(NC(C2CC2)C2CC2)cc1. The number of carbonyl (C=O) groups excluding carboxylic acids is 1. The summed E-state index contributed by atoms with van der Waals surface area (Å²) in [6.45, 7) is -0.0699. The minimum absolute atomic E-state index is 0.0699. The van der Waals surface area contributed by atoms with Gasteiger partial charge in [0.25, 0.3) is 5.91 Å². The standard InChI is InChI=1S/C15H20N2O2/c16-14(18)9-19-13-7-5-12(6-8-13)17-15(10-1-2-10)11-3-4-11/h5-8,10-11,15,17H,1-4,9H2,(H2,16,18). The lowest BCUT2D eigenvalue weighted by molar-refractivity contribution is -0.119. The first-order valence-corrected chi connectivity index (χ1v) is 7.00. The molecule has 4 heteroatoms. The van der Waals surface area contributed by atoms with Crippen LogP contribution in [0.2, 0.25) is 0 Å². The Morgan fingerprint density at radius 1 is 1.21 bits per heavy atom. The summed E-state index contributed by atoms with van der Waals surface area (Å²) in [5.74, 6) is 1.97. The van der Waals surface area contributed by atoms with Crippen molar-refractivity contribution in [2.45, 2.75) is 31.7 Å². The largest absolute Gasteiger partial charge is 0.484 e. The molecule has 0 aromatic heterocycles. The molecule has 1 amide bonds. The van der Waals surface area contributed by atoms with Gasteiger partial charge in [-0.2, -0.15) is 0 Å². The molecule has 2 fully saturated rings. The van der Waals surface area contributed by atoms with E-state index in [9.17, 15) is 4.79 Å². The first kappa shape index (κ1) is 12.3. The lowest BCUT2D eigenvalue weighted by atomic mass is 10.1. The third-order valence-corrected chi connectivity index (χ3v) is 3.83.